The van der Waals surface area contributed by atoms with Crippen molar-refractivity contribution in [2.75, 3.05) is 0 Å². The molecule has 1 amide bonds. The molecule has 1 aliphatic heterocycles. The molecule has 2 aromatic carbocycles. The van der Waals surface area contributed by atoms with E-state index in [4.69, 9.17) is 11.6 Å². The summed E-state index contributed by atoms with van der Waals surface area (Å²) in [6.07, 6.45) is 1.64. The molecule has 0 bridgehead atoms. The van der Waals surface area contributed by atoms with Crippen LogP contribution in [0, 0.1) is 6.92 Å². The molecule has 3 rings (SSSR count). The van der Waals surface area contributed by atoms with Crippen LogP contribution in [0.25, 0.3) is 6.08 Å². The van der Waals surface area contributed by atoms with Crippen molar-refractivity contribution in [2.24, 2.45) is 4.99 Å². The maximum absolute atomic E-state index is 12.1. The van der Waals surface area contributed by atoms with Gasteiger partial charge >= 0.3 is 0 Å². The normalized spacial score (nSPS) is 17.7. The highest BCUT2D eigenvalue weighted by Crippen LogP contribution is 2.32. The van der Waals surface area contributed by atoms with E-state index in [0.717, 1.165) is 5.56 Å². The Kier molecular flexibility index (Phi) is 4.41. The minimum absolute atomic E-state index is 0.129. The lowest BCUT2D eigenvalue weighted by atomic mass is 10.2. The average molecular weight is 345 g/mol. The summed E-state index contributed by atoms with van der Waals surface area (Å²) < 4.78 is 0. The predicted octanol–water partition coefficient (Wildman–Crippen LogP) is 4.25. The van der Waals surface area contributed by atoms with Gasteiger partial charge in [0, 0.05) is 10.6 Å². The van der Waals surface area contributed by atoms with Crippen LogP contribution in [-0.2, 0) is 4.79 Å². The van der Waals surface area contributed by atoms with E-state index in [1.54, 1.807) is 36.4 Å². The predicted molar refractivity (Wildman–Crippen MR) is 95.1 cm³/mol. The quantitative estimate of drug-likeness (QED) is 0.801. The number of nitrogens with zero attached hydrogens (tertiary/aromatic N) is 1. The second kappa shape index (κ2) is 6.48. The van der Waals surface area contributed by atoms with Crippen LogP contribution in [0.3, 0.4) is 0 Å². The van der Waals surface area contributed by atoms with Crippen LogP contribution < -0.4 is 5.32 Å². The molecule has 1 heterocycles. The summed E-state index contributed by atoms with van der Waals surface area (Å²) in [7, 11) is 0. The van der Waals surface area contributed by atoms with E-state index in [9.17, 15) is 9.90 Å². The zero-order valence-electron chi connectivity index (χ0n) is 12.2. The van der Waals surface area contributed by atoms with Gasteiger partial charge in [0.2, 0.25) is 0 Å². The van der Waals surface area contributed by atoms with E-state index in [2.05, 4.69) is 10.3 Å². The lowest BCUT2D eigenvalue weighted by molar-refractivity contribution is -0.115. The molecule has 0 saturated carbocycles. The highest BCUT2D eigenvalue weighted by Gasteiger charge is 2.24. The van der Waals surface area contributed by atoms with Crippen molar-refractivity contribution in [3.05, 3.63) is 63.5 Å². The van der Waals surface area contributed by atoms with Crippen molar-refractivity contribution in [1.29, 1.82) is 0 Å². The molecule has 2 N–H and O–H groups in total. The number of phenolic OH excluding ortho intramolecular Hbond substituents is 1. The number of halogens is 1. The van der Waals surface area contributed by atoms with Crippen molar-refractivity contribution in [3.8, 4) is 5.75 Å². The van der Waals surface area contributed by atoms with Gasteiger partial charge in [-0.05, 0) is 48.5 Å². The van der Waals surface area contributed by atoms with Gasteiger partial charge in [-0.25, -0.2) is 4.99 Å². The molecule has 0 aliphatic carbocycles. The second-order valence-electron chi connectivity index (χ2n) is 4.92. The number of amides is 1. The fourth-order valence-corrected chi connectivity index (χ4v) is 3.05. The Morgan fingerprint density at radius 2 is 2.00 bits per heavy atom. The molecule has 0 atom stereocenters. The number of carbonyl (C=O) groups excluding carboxylic acids is 1. The highest BCUT2D eigenvalue weighted by atomic mass is 35.5. The Morgan fingerprint density at radius 3 is 2.78 bits per heavy atom. The smallest absolute Gasteiger partial charge is 0.264 e. The number of hydrogen-bond donors (Lipinski definition) is 2. The summed E-state index contributed by atoms with van der Waals surface area (Å²) in [5.41, 5.74) is 2.16. The summed E-state index contributed by atoms with van der Waals surface area (Å²) in [6, 6.07) is 12.3. The Bertz CT molecular complexity index is 846. The highest BCUT2D eigenvalue weighted by molar-refractivity contribution is 8.18. The summed E-state index contributed by atoms with van der Waals surface area (Å²) in [4.78, 5) is 17.0. The largest absolute Gasteiger partial charge is 0.507 e. The van der Waals surface area contributed by atoms with Crippen LogP contribution in [0.4, 0.5) is 5.69 Å². The van der Waals surface area contributed by atoms with Crippen LogP contribution in [0.1, 0.15) is 11.1 Å². The van der Waals surface area contributed by atoms with Crippen molar-refractivity contribution in [1.82, 2.24) is 5.32 Å². The van der Waals surface area contributed by atoms with E-state index in [-0.39, 0.29) is 11.7 Å². The van der Waals surface area contributed by atoms with E-state index in [0.29, 0.717) is 26.3 Å². The molecule has 1 saturated heterocycles. The van der Waals surface area contributed by atoms with Crippen LogP contribution in [0.5, 0.6) is 5.75 Å². The van der Waals surface area contributed by atoms with Crippen LogP contribution >= 0.6 is 23.4 Å². The molecular formula is C17H13ClN2O2S. The first-order valence-electron chi connectivity index (χ1n) is 6.87. The molecule has 1 fully saturated rings. The van der Waals surface area contributed by atoms with Gasteiger partial charge < -0.3 is 10.4 Å². The maximum atomic E-state index is 12.1. The third-order valence-electron chi connectivity index (χ3n) is 3.34. The maximum Gasteiger partial charge on any atom is 0.264 e. The van der Waals surface area contributed by atoms with Gasteiger partial charge in [0.05, 0.1) is 10.6 Å². The molecule has 0 aromatic heterocycles. The molecule has 2 aromatic rings. The van der Waals surface area contributed by atoms with Gasteiger partial charge in [0.25, 0.3) is 5.91 Å². The number of para-hydroxylation sites is 1. The minimum atomic E-state index is -0.239. The number of hydrogen-bond acceptors (Lipinski definition) is 4. The molecule has 116 valence electrons. The second-order valence-corrected chi connectivity index (χ2v) is 6.36. The van der Waals surface area contributed by atoms with E-state index >= 15 is 0 Å². The summed E-state index contributed by atoms with van der Waals surface area (Å²) >= 11 is 7.31. The number of thioether (sulfide) groups is 1. The van der Waals surface area contributed by atoms with Crippen LogP contribution in [-0.4, -0.2) is 16.2 Å². The lowest BCUT2D eigenvalue weighted by Crippen LogP contribution is -2.19. The number of amidine groups is 1. The Hall–Kier alpha value is -2.24. The molecule has 1 aliphatic rings. The number of rotatable bonds is 2. The summed E-state index contributed by atoms with van der Waals surface area (Å²) in [5, 5.41) is 13.6. The molecule has 0 unspecified atom stereocenters. The summed E-state index contributed by atoms with van der Waals surface area (Å²) in [5.74, 6) is -0.110. The van der Waals surface area contributed by atoms with E-state index in [1.807, 2.05) is 19.1 Å². The topological polar surface area (TPSA) is 61.7 Å². The van der Waals surface area contributed by atoms with Gasteiger partial charge in [-0.2, -0.15) is 0 Å². The molecular weight excluding hydrogens is 332 g/mol. The Balaban J connectivity index is 1.89. The third-order valence-corrected chi connectivity index (χ3v) is 4.65. The molecule has 4 nitrogen and oxygen atoms in total. The zero-order chi connectivity index (χ0) is 16.4. The molecule has 0 radical (unpaired) electrons. The zero-order valence-corrected chi connectivity index (χ0v) is 13.8. The molecule has 23 heavy (non-hydrogen) atoms. The van der Waals surface area contributed by atoms with Crippen LogP contribution in [0.2, 0.25) is 5.02 Å². The van der Waals surface area contributed by atoms with Crippen molar-refractivity contribution in [3.63, 3.8) is 0 Å². The standard InChI is InChI=1S/C17H13ClN2O2S/c1-10-12(18)6-4-7-13(10)19-17-20-16(22)15(23-17)9-11-5-2-3-8-14(11)21/h2-9,21H,1H3,(H,19,20,22)/b15-9-. The van der Waals surface area contributed by atoms with Gasteiger partial charge in [-0.1, -0.05) is 35.9 Å². The minimum Gasteiger partial charge on any atom is -0.507 e. The van der Waals surface area contributed by atoms with Gasteiger partial charge in [-0.15, -0.1) is 0 Å². The SMILES string of the molecule is Cc1c(Cl)cccc1N=C1NC(=O)/C(=C/c2ccccc2O)S1. The van der Waals surface area contributed by atoms with Gasteiger partial charge in [0.15, 0.2) is 5.17 Å². The van der Waals surface area contributed by atoms with Gasteiger partial charge in [0.1, 0.15) is 5.75 Å². The first-order chi connectivity index (χ1) is 11.0. The number of carbonyl (C=O) groups is 1. The molecule has 0 spiro atoms. The molecule has 6 heteroatoms. The fourth-order valence-electron chi connectivity index (χ4n) is 2.06. The number of benzene rings is 2. The first kappa shape index (κ1) is 15.6. The van der Waals surface area contributed by atoms with Crippen molar-refractivity contribution in [2.45, 2.75) is 6.92 Å². The number of nitrogens with one attached hydrogen (secondary N) is 1. The average Bonchev–Trinajstić information content (AvgIpc) is 2.86. The summed E-state index contributed by atoms with van der Waals surface area (Å²) in [6.45, 7) is 1.88. The van der Waals surface area contributed by atoms with Gasteiger partial charge in [-0.3, -0.25) is 4.79 Å². The monoisotopic (exact) mass is 344 g/mol. The Labute approximate surface area is 142 Å². The van der Waals surface area contributed by atoms with E-state index in [1.165, 1.54) is 11.8 Å². The van der Waals surface area contributed by atoms with Crippen molar-refractivity contribution >= 4 is 46.2 Å². The third kappa shape index (κ3) is 3.41. The fraction of sp³-hybridized carbons (Fsp3) is 0.0588. The van der Waals surface area contributed by atoms with Crippen molar-refractivity contribution < 1.29 is 9.90 Å². The number of aromatic hydroxyl groups is 1. The number of aliphatic imine (C=N–C) groups is 1. The first-order valence-corrected chi connectivity index (χ1v) is 8.07. The lowest BCUT2D eigenvalue weighted by Gasteiger charge is -2.02. The van der Waals surface area contributed by atoms with Crippen LogP contribution in [0.15, 0.2) is 52.4 Å². The Morgan fingerprint density at radius 1 is 1.22 bits per heavy atom. The number of phenols is 1. The van der Waals surface area contributed by atoms with E-state index < -0.39 is 0 Å².